The van der Waals surface area contributed by atoms with Gasteiger partial charge in [0.25, 0.3) is 5.91 Å². The van der Waals surface area contributed by atoms with Crippen molar-refractivity contribution in [2.45, 2.75) is 44.4 Å². The number of ketones is 1. The van der Waals surface area contributed by atoms with Crippen molar-refractivity contribution in [3.63, 3.8) is 0 Å². The van der Waals surface area contributed by atoms with E-state index in [-0.39, 0.29) is 32.5 Å². The Morgan fingerprint density at radius 1 is 0.700 bits per heavy atom. The van der Waals surface area contributed by atoms with Crippen molar-refractivity contribution in [1.82, 2.24) is 26.6 Å². The van der Waals surface area contributed by atoms with Gasteiger partial charge in [-0.1, -0.05) is 60.7 Å². The van der Waals surface area contributed by atoms with Crippen molar-refractivity contribution >= 4 is 23.7 Å². The van der Waals surface area contributed by atoms with Gasteiger partial charge in [-0.15, -0.1) is 0 Å². The maximum absolute atomic E-state index is 14.9. The number of carbonyl (C=O) groups excluding carboxylic acids is 4. The molecule has 5 N–H and O–H groups in total. The summed E-state index contributed by atoms with van der Waals surface area (Å²) >= 11 is 0. The maximum Gasteiger partial charge on any atom is 0.408 e. The molecule has 0 spiro atoms. The van der Waals surface area contributed by atoms with Crippen LogP contribution in [0.1, 0.15) is 40.7 Å². The highest BCUT2D eigenvalue weighted by atomic mass is 19.2. The van der Waals surface area contributed by atoms with Crippen molar-refractivity contribution in [2.24, 2.45) is 0 Å². The average molecular weight is 704 g/mol. The minimum Gasteiger partial charge on any atom is -0.479 e. The van der Waals surface area contributed by atoms with Gasteiger partial charge in [-0.05, 0) is 51.0 Å². The number of hydrogen-bond acceptors (Lipinski definition) is 8. The first-order valence-electron chi connectivity index (χ1n) is 16.0. The zero-order chi connectivity index (χ0) is 36.5. The number of rotatable bonds is 20. The number of benzene rings is 3. The largest absolute Gasteiger partial charge is 0.479 e. The van der Waals surface area contributed by atoms with Crippen LogP contribution in [0.4, 0.5) is 22.4 Å². The second-order valence-electron chi connectivity index (χ2n) is 11.2. The van der Waals surface area contributed by atoms with Gasteiger partial charge < -0.3 is 36.1 Å². The fraction of sp³-hybridized carbons (Fsp3) is 0.371. The number of nitrogens with one attached hydrogen (secondary N) is 5. The molecule has 0 radical (unpaired) electrons. The van der Waals surface area contributed by atoms with E-state index in [1.165, 1.54) is 0 Å². The first-order valence-corrected chi connectivity index (χ1v) is 16.0. The topological polar surface area (TPSA) is 147 Å². The third-order valence-electron chi connectivity index (χ3n) is 7.45. The van der Waals surface area contributed by atoms with Gasteiger partial charge in [0.1, 0.15) is 24.8 Å². The van der Waals surface area contributed by atoms with Crippen molar-refractivity contribution in [3.05, 3.63) is 101 Å². The summed E-state index contributed by atoms with van der Waals surface area (Å²) in [5, 5.41) is 12.9. The number of ether oxygens (including phenoxy) is 2. The highest BCUT2D eigenvalue weighted by Crippen LogP contribution is 2.30. The first-order chi connectivity index (χ1) is 24.1. The number of carbonyl (C=O) groups is 4. The summed E-state index contributed by atoms with van der Waals surface area (Å²) in [7, 11) is 3.29. The normalized spacial score (nSPS) is 12.0. The van der Waals surface area contributed by atoms with Crippen LogP contribution in [0.15, 0.2) is 60.7 Å². The Kier molecular flexibility index (Phi) is 16.1. The maximum atomic E-state index is 14.9. The highest BCUT2D eigenvalue weighted by Gasteiger charge is 2.32. The number of hydrogen-bond donors (Lipinski definition) is 5. The highest BCUT2D eigenvalue weighted by molar-refractivity contribution is 5.95. The summed E-state index contributed by atoms with van der Waals surface area (Å²) in [5.41, 5.74) is -0.0804. The second-order valence-corrected chi connectivity index (χ2v) is 11.2. The number of unbranched alkanes of at least 4 members (excludes halogenated alkanes) is 1. The zero-order valence-electron chi connectivity index (χ0n) is 27.8. The minimum atomic E-state index is -2.01. The lowest BCUT2D eigenvalue weighted by Crippen LogP contribution is -2.53. The van der Waals surface area contributed by atoms with E-state index < -0.39 is 77.0 Å². The summed E-state index contributed by atoms with van der Waals surface area (Å²) in [6, 6.07) is 15.1. The molecule has 3 amide bonds. The Morgan fingerprint density at radius 2 is 1.30 bits per heavy atom. The molecule has 15 heteroatoms. The number of alkyl carbamates (subject to hydrolysis) is 1. The molecule has 0 aliphatic heterocycles. The molecule has 0 heterocycles. The molecule has 0 aromatic heterocycles. The van der Waals surface area contributed by atoms with Crippen molar-refractivity contribution in [1.29, 1.82) is 0 Å². The number of amides is 3. The lowest BCUT2D eigenvalue weighted by Gasteiger charge is -2.23. The molecule has 0 saturated carbocycles. The number of halogens is 4. The Hall–Kier alpha value is -5.02. The van der Waals surface area contributed by atoms with E-state index in [4.69, 9.17) is 9.47 Å². The van der Waals surface area contributed by atoms with Gasteiger partial charge in [0.2, 0.25) is 17.5 Å². The molecule has 3 aromatic rings. The van der Waals surface area contributed by atoms with Crippen molar-refractivity contribution in [3.8, 4) is 5.75 Å². The standard InChI is InChI=1S/C35H41F4N5O6/c1-40-16-10-9-15-24(26(45)21-49-32-30(38)28(36)27(29(37)31(32)39)34(47)42-18-17-41-2)43-33(46)25(19-22-11-5-3-6-12-22)44-35(48)50-20-23-13-7-4-8-14-23/h3-8,11-14,24-25,40-41H,9-10,15-21H2,1-2H3,(H,42,47)(H,43,46)(H,44,48)/t24-,25-/m0/s1. The molecule has 0 unspecified atom stereocenters. The molecule has 3 rings (SSSR count). The fourth-order valence-electron chi connectivity index (χ4n) is 4.77. The molecule has 0 bridgehead atoms. The van der Waals surface area contributed by atoms with Crippen LogP contribution in [0.25, 0.3) is 0 Å². The van der Waals surface area contributed by atoms with E-state index in [0.717, 1.165) is 0 Å². The first kappa shape index (κ1) is 39.4. The molecule has 0 fully saturated rings. The molecule has 2 atom stereocenters. The zero-order valence-corrected chi connectivity index (χ0v) is 27.8. The molecule has 0 saturated heterocycles. The van der Waals surface area contributed by atoms with E-state index in [2.05, 4.69) is 26.6 Å². The Bertz CT molecular complexity index is 1550. The fourth-order valence-corrected chi connectivity index (χ4v) is 4.77. The van der Waals surface area contributed by atoms with Crippen LogP contribution in [0.3, 0.4) is 0 Å². The number of likely N-dealkylation sites (N-methyl/N-ethyl adjacent to an activating group) is 1. The Balaban J connectivity index is 1.77. The van der Waals surface area contributed by atoms with Gasteiger partial charge in [-0.25, -0.2) is 13.6 Å². The van der Waals surface area contributed by atoms with E-state index in [1.807, 2.05) is 0 Å². The lowest BCUT2D eigenvalue weighted by molar-refractivity contribution is -0.130. The summed E-state index contributed by atoms with van der Waals surface area (Å²) in [6.07, 6.45) is 0.196. The quantitative estimate of drug-likeness (QED) is 0.0683. The molecule has 50 heavy (non-hydrogen) atoms. The van der Waals surface area contributed by atoms with Crippen molar-refractivity contribution < 1.29 is 46.2 Å². The van der Waals surface area contributed by atoms with Crippen LogP contribution < -0.4 is 31.3 Å². The SMILES string of the molecule is CNCCCC[C@H](NC(=O)[C@H](Cc1ccccc1)NC(=O)OCc1ccccc1)C(=O)COc1c(F)c(F)c(C(=O)NCCNC)c(F)c1F. The molecule has 11 nitrogen and oxygen atoms in total. The van der Waals surface area contributed by atoms with Crippen LogP contribution in [0, 0.1) is 23.3 Å². The van der Waals surface area contributed by atoms with Gasteiger partial charge in [0, 0.05) is 19.5 Å². The van der Waals surface area contributed by atoms with E-state index >= 15 is 0 Å². The smallest absolute Gasteiger partial charge is 0.408 e. The summed E-state index contributed by atoms with van der Waals surface area (Å²) < 4.78 is 69.5. The average Bonchev–Trinajstić information content (AvgIpc) is 3.11. The van der Waals surface area contributed by atoms with E-state index in [9.17, 15) is 36.7 Å². The van der Waals surface area contributed by atoms with Gasteiger partial charge >= 0.3 is 6.09 Å². The molecular weight excluding hydrogens is 662 g/mol. The third-order valence-corrected chi connectivity index (χ3v) is 7.45. The van der Waals surface area contributed by atoms with Gasteiger partial charge in [0.15, 0.2) is 23.2 Å². The molecule has 0 aliphatic carbocycles. The Labute approximate surface area is 287 Å². The van der Waals surface area contributed by atoms with Crippen LogP contribution in [0.5, 0.6) is 5.75 Å². The molecule has 270 valence electrons. The second kappa shape index (κ2) is 20.5. The van der Waals surface area contributed by atoms with Crippen molar-refractivity contribution in [2.75, 3.05) is 40.3 Å². The van der Waals surface area contributed by atoms with Gasteiger partial charge in [-0.3, -0.25) is 14.4 Å². The van der Waals surface area contributed by atoms with Crippen LogP contribution in [-0.4, -0.2) is 76.1 Å². The van der Waals surface area contributed by atoms with Gasteiger partial charge in [-0.2, -0.15) is 8.78 Å². The van der Waals surface area contributed by atoms with E-state index in [0.29, 0.717) is 30.5 Å². The Morgan fingerprint density at radius 3 is 1.90 bits per heavy atom. The summed E-state index contributed by atoms with van der Waals surface area (Å²) in [6.45, 7) is -0.430. The minimum absolute atomic E-state index is 0.0220. The predicted octanol–water partition coefficient (Wildman–Crippen LogP) is 3.55. The summed E-state index contributed by atoms with van der Waals surface area (Å²) in [5.74, 6) is -12.6. The number of Topliss-reactive ketones (excluding diaryl/α,β-unsaturated/α-hetero) is 1. The van der Waals surface area contributed by atoms with Crippen LogP contribution in [0.2, 0.25) is 0 Å². The molecular formula is C35H41F4N5O6. The van der Waals surface area contributed by atoms with E-state index in [1.54, 1.807) is 74.8 Å². The van der Waals surface area contributed by atoms with Crippen LogP contribution >= 0.6 is 0 Å². The molecule has 0 aliphatic rings. The monoisotopic (exact) mass is 703 g/mol. The van der Waals surface area contributed by atoms with Crippen LogP contribution in [-0.2, 0) is 27.4 Å². The van der Waals surface area contributed by atoms with Gasteiger partial charge in [0.05, 0.1) is 6.04 Å². The third kappa shape index (κ3) is 11.8. The molecule has 3 aromatic carbocycles. The lowest BCUT2D eigenvalue weighted by atomic mass is 10.0. The predicted molar refractivity (Wildman–Crippen MR) is 176 cm³/mol. The summed E-state index contributed by atoms with van der Waals surface area (Å²) in [4.78, 5) is 51.8.